The minimum atomic E-state index is -0.279. The molecule has 0 aliphatic rings. The Kier molecular flexibility index (Phi) is 6.09. The Hall–Kier alpha value is -2.21. The Morgan fingerprint density at radius 1 is 1.17 bits per heavy atom. The molecule has 0 radical (unpaired) electrons. The number of amides is 2. The molecule has 2 amide bonds. The smallest absolute Gasteiger partial charge is 0.269 e. The molecule has 0 aliphatic carbocycles. The lowest BCUT2D eigenvalue weighted by Crippen LogP contribution is -2.28. The molecule has 0 fully saturated rings. The van der Waals surface area contributed by atoms with E-state index in [2.05, 4.69) is 31.5 Å². The van der Waals surface area contributed by atoms with Crippen LogP contribution >= 0.6 is 15.9 Å². The van der Waals surface area contributed by atoms with Crippen LogP contribution in [0.4, 0.5) is 5.69 Å². The van der Waals surface area contributed by atoms with Gasteiger partial charge in [0.1, 0.15) is 5.69 Å². The third kappa shape index (κ3) is 4.89. The van der Waals surface area contributed by atoms with Crippen LogP contribution in [0.2, 0.25) is 0 Å². The average molecular weight is 390 g/mol. The molecular weight excluding hydrogens is 370 g/mol. The largest absolute Gasteiger partial charge is 0.350 e. The molecule has 1 heterocycles. The summed E-state index contributed by atoms with van der Waals surface area (Å²) < 4.78 is 0.950. The number of aryl methyl sites for hydroxylation is 1. The molecule has 1 aromatic heterocycles. The van der Waals surface area contributed by atoms with Gasteiger partial charge >= 0.3 is 0 Å². The molecule has 0 saturated carbocycles. The lowest BCUT2D eigenvalue weighted by Gasteiger charge is -2.10. The number of benzene rings is 1. The molecule has 24 heavy (non-hydrogen) atoms. The van der Waals surface area contributed by atoms with E-state index >= 15 is 0 Å². The predicted octanol–water partition coefficient (Wildman–Crippen LogP) is 3.79. The quantitative estimate of drug-likeness (QED) is 0.816. The minimum Gasteiger partial charge on any atom is -0.350 e. The fraction of sp³-hybridized carbons (Fsp3) is 0.278. The number of anilines is 1. The number of carbonyl (C=O) groups excluding carboxylic acids is 2. The zero-order chi connectivity index (χ0) is 17.7. The second-order valence-electron chi connectivity index (χ2n) is 5.95. The van der Waals surface area contributed by atoms with Gasteiger partial charge in [-0.05, 0) is 48.7 Å². The molecule has 5 nitrogen and oxygen atoms in total. The first-order valence-electron chi connectivity index (χ1n) is 7.68. The summed E-state index contributed by atoms with van der Waals surface area (Å²) >= 11 is 3.39. The number of halogens is 1. The van der Waals surface area contributed by atoms with Crippen LogP contribution in [0.3, 0.4) is 0 Å². The summed E-state index contributed by atoms with van der Waals surface area (Å²) in [5.74, 6) is -0.209. The molecule has 0 aliphatic heterocycles. The van der Waals surface area contributed by atoms with E-state index in [1.165, 1.54) is 12.3 Å². The number of nitrogens with zero attached hydrogens (tertiary/aromatic N) is 1. The van der Waals surface area contributed by atoms with E-state index in [1.807, 2.05) is 39.0 Å². The fourth-order valence-electron chi connectivity index (χ4n) is 2.05. The molecule has 2 aromatic rings. The SMILES string of the molecule is Cc1cc(Br)ccc1NC(=O)c1ccnc(C(=O)NCC(C)C)c1. The highest BCUT2D eigenvalue weighted by molar-refractivity contribution is 9.10. The highest BCUT2D eigenvalue weighted by Gasteiger charge is 2.13. The van der Waals surface area contributed by atoms with E-state index in [0.29, 0.717) is 18.0 Å². The number of nitrogens with one attached hydrogen (secondary N) is 2. The van der Waals surface area contributed by atoms with Crippen molar-refractivity contribution in [3.63, 3.8) is 0 Å². The molecule has 0 atom stereocenters. The van der Waals surface area contributed by atoms with Crippen molar-refractivity contribution >= 4 is 33.4 Å². The van der Waals surface area contributed by atoms with Crippen molar-refractivity contribution in [3.05, 3.63) is 57.8 Å². The lowest BCUT2D eigenvalue weighted by atomic mass is 10.1. The van der Waals surface area contributed by atoms with Crippen molar-refractivity contribution in [2.45, 2.75) is 20.8 Å². The summed E-state index contributed by atoms with van der Waals surface area (Å²) in [6, 6.07) is 8.70. The Morgan fingerprint density at radius 3 is 2.58 bits per heavy atom. The van der Waals surface area contributed by atoms with Gasteiger partial charge in [0.2, 0.25) is 0 Å². The van der Waals surface area contributed by atoms with Gasteiger partial charge in [0.15, 0.2) is 0 Å². The van der Waals surface area contributed by atoms with E-state index in [9.17, 15) is 9.59 Å². The van der Waals surface area contributed by atoms with E-state index < -0.39 is 0 Å². The molecule has 0 spiro atoms. The number of aromatic nitrogens is 1. The fourth-order valence-corrected chi connectivity index (χ4v) is 2.52. The van der Waals surface area contributed by atoms with Gasteiger partial charge in [-0.15, -0.1) is 0 Å². The van der Waals surface area contributed by atoms with Gasteiger partial charge in [0.05, 0.1) is 0 Å². The summed E-state index contributed by atoms with van der Waals surface area (Å²) in [6.45, 7) is 6.50. The zero-order valence-corrected chi connectivity index (χ0v) is 15.5. The Bertz CT molecular complexity index is 760. The summed E-state index contributed by atoms with van der Waals surface area (Å²) in [5.41, 5.74) is 2.30. The van der Waals surface area contributed by atoms with Crippen LogP contribution in [-0.2, 0) is 0 Å². The van der Waals surface area contributed by atoms with Crippen LogP contribution in [0.5, 0.6) is 0 Å². The normalized spacial score (nSPS) is 10.5. The van der Waals surface area contributed by atoms with E-state index in [4.69, 9.17) is 0 Å². The van der Waals surface area contributed by atoms with Crippen molar-refractivity contribution in [2.24, 2.45) is 5.92 Å². The Balaban J connectivity index is 2.12. The lowest BCUT2D eigenvalue weighted by molar-refractivity contribution is 0.0944. The highest BCUT2D eigenvalue weighted by Crippen LogP contribution is 2.20. The monoisotopic (exact) mass is 389 g/mol. The topological polar surface area (TPSA) is 71.1 Å². The average Bonchev–Trinajstić information content (AvgIpc) is 2.55. The first-order chi connectivity index (χ1) is 11.4. The van der Waals surface area contributed by atoms with Gasteiger partial charge in [-0.3, -0.25) is 14.6 Å². The maximum absolute atomic E-state index is 12.4. The maximum atomic E-state index is 12.4. The van der Waals surface area contributed by atoms with Crippen molar-refractivity contribution < 1.29 is 9.59 Å². The number of pyridine rings is 1. The van der Waals surface area contributed by atoms with Crippen LogP contribution in [0.1, 0.15) is 40.3 Å². The first kappa shape index (κ1) is 18.1. The second-order valence-corrected chi connectivity index (χ2v) is 6.86. The molecule has 0 bridgehead atoms. The summed E-state index contributed by atoms with van der Waals surface area (Å²) in [4.78, 5) is 28.5. The Morgan fingerprint density at radius 2 is 1.92 bits per heavy atom. The molecule has 1 aromatic carbocycles. The standard InChI is InChI=1S/C18H20BrN3O2/c1-11(2)10-21-18(24)16-9-13(6-7-20-16)17(23)22-15-5-4-14(19)8-12(15)3/h4-9,11H,10H2,1-3H3,(H,21,24)(H,22,23). The van der Waals surface area contributed by atoms with E-state index in [1.54, 1.807) is 6.07 Å². The van der Waals surface area contributed by atoms with Crippen molar-refractivity contribution in [1.29, 1.82) is 0 Å². The second kappa shape index (κ2) is 8.06. The van der Waals surface area contributed by atoms with Crippen molar-refractivity contribution in [3.8, 4) is 0 Å². The minimum absolute atomic E-state index is 0.232. The van der Waals surface area contributed by atoms with Crippen LogP contribution < -0.4 is 10.6 Å². The number of carbonyl (C=O) groups is 2. The molecule has 6 heteroatoms. The maximum Gasteiger partial charge on any atom is 0.269 e. The van der Waals surface area contributed by atoms with Gasteiger partial charge in [-0.2, -0.15) is 0 Å². The molecule has 2 N–H and O–H groups in total. The van der Waals surface area contributed by atoms with Gasteiger partial charge in [0, 0.05) is 28.5 Å². The predicted molar refractivity (Wildman–Crippen MR) is 98.2 cm³/mol. The third-order valence-electron chi connectivity index (χ3n) is 3.36. The zero-order valence-electron chi connectivity index (χ0n) is 13.9. The molecule has 0 unspecified atom stereocenters. The molecule has 2 rings (SSSR count). The van der Waals surface area contributed by atoms with Crippen LogP contribution in [0, 0.1) is 12.8 Å². The first-order valence-corrected chi connectivity index (χ1v) is 8.48. The number of hydrogen-bond acceptors (Lipinski definition) is 3. The van der Waals surface area contributed by atoms with Crippen molar-refractivity contribution in [1.82, 2.24) is 10.3 Å². The van der Waals surface area contributed by atoms with Gasteiger partial charge in [0.25, 0.3) is 11.8 Å². The Labute approximate surface area is 150 Å². The summed E-state index contributed by atoms with van der Waals surface area (Å²) in [6.07, 6.45) is 1.47. The number of hydrogen-bond donors (Lipinski definition) is 2. The van der Waals surface area contributed by atoms with Gasteiger partial charge in [-0.1, -0.05) is 29.8 Å². The van der Waals surface area contributed by atoms with Crippen molar-refractivity contribution in [2.75, 3.05) is 11.9 Å². The third-order valence-corrected chi connectivity index (χ3v) is 3.86. The van der Waals surface area contributed by atoms with E-state index in [0.717, 1.165) is 15.7 Å². The highest BCUT2D eigenvalue weighted by atomic mass is 79.9. The van der Waals surface area contributed by atoms with Gasteiger partial charge < -0.3 is 10.6 Å². The molecule has 0 saturated heterocycles. The summed E-state index contributed by atoms with van der Waals surface area (Å²) in [7, 11) is 0. The number of rotatable bonds is 5. The van der Waals surface area contributed by atoms with Crippen LogP contribution in [0.25, 0.3) is 0 Å². The summed E-state index contributed by atoms with van der Waals surface area (Å²) in [5, 5.41) is 5.64. The molecular formula is C18H20BrN3O2. The van der Waals surface area contributed by atoms with Crippen LogP contribution in [-0.4, -0.2) is 23.3 Å². The van der Waals surface area contributed by atoms with Crippen LogP contribution in [0.15, 0.2) is 41.0 Å². The molecule has 126 valence electrons. The van der Waals surface area contributed by atoms with Gasteiger partial charge in [-0.25, -0.2) is 0 Å². The van der Waals surface area contributed by atoms with E-state index in [-0.39, 0.29) is 17.5 Å².